The fraction of sp³-hybridized carbons (Fsp3) is 0.608. The molecule has 0 aliphatic heterocycles. The largest absolute Gasteiger partial charge is 0.376 e. The Hall–Kier alpha value is -2.42. The zero-order valence-electron chi connectivity index (χ0n) is 35.8. The summed E-state index contributed by atoms with van der Waals surface area (Å²) in [7, 11) is -1.84. The summed E-state index contributed by atoms with van der Waals surface area (Å²) in [4.78, 5) is 0. The van der Waals surface area contributed by atoms with Gasteiger partial charge in [-0.1, -0.05) is 172 Å². The molecule has 0 spiro atoms. The molecule has 8 atom stereocenters. The van der Waals surface area contributed by atoms with Gasteiger partial charge < -0.3 is 4.74 Å². The first kappa shape index (κ1) is 40.2. The third-order valence-electron chi connectivity index (χ3n) is 14.1. The number of ether oxygens (including phenoxy) is 1. The Balaban J connectivity index is 1.28. The minimum Gasteiger partial charge on any atom is -0.376 e. The molecule has 4 aliphatic rings. The molecule has 0 N–H and O–H groups in total. The van der Waals surface area contributed by atoms with Crippen molar-refractivity contribution in [2.24, 2.45) is 35.5 Å². The molecular formula is C51H74OSi. The van der Waals surface area contributed by atoms with Crippen LogP contribution in [0, 0.1) is 35.5 Å². The molecule has 2 saturated carbocycles. The van der Waals surface area contributed by atoms with E-state index in [1.807, 2.05) is 0 Å². The van der Waals surface area contributed by atoms with Gasteiger partial charge in [-0.3, -0.25) is 0 Å². The van der Waals surface area contributed by atoms with Crippen molar-refractivity contribution in [2.45, 2.75) is 155 Å². The first-order valence-corrected chi connectivity index (χ1v) is 24.4. The monoisotopic (exact) mass is 731 g/mol. The van der Waals surface area contributed by atoms with Crippen LogP contribution in [0.2, 0.25) is 23.7 Å². The lowest BCUT2D eigenvalue weighted by Crippen LogP contribution is -2.48. The summed E-state index contributed by atoms with van der Waals surface area (Å²) in [6.45, 7) is 29.6. The lowest BCUT2D eigenvalue weighted by molar-refractivity contribution is -0.00471. The van der Waals surface area contributed by atoms with E-state index in [-0.39, 0.29) is 16.4 Å². The van der Waals surface area contributed by atoms with Gasteiger partial charge in [0.05, 0.1) is 13.7 Å². The number of benzene rings is 2. The van der Waals surface area contributed by atoms with Crippen molar-refractivity contribution in [3.8, 4) is 0 Å². The molecule has 8 unspecified atom stereocenters. The van der Waals surface area contributed by atoms with Crippen molar-refractivity contribution in [1.82, 2.24) is 0 Å². The third kappa shape index (κ3) is 8.70. The number of rotatable bonds is 11. The third-order valence-corrected chi connectivity index (χ3v) is 20.5. The van der Waals surface area contributed by atoms with E-state index in [4.69, 9.17) is 4.74 Å². The molecular weight excluding hydrogens is 657 g/mol. The highest BCUT2D eigenvalue weighted by molar-refractivity contribution is 6.82. The molecule has 6 rings (SSSR count). The fourth-order valence-electron chi connectivity index (χ4n) is 11.7. The molecule has 0 aromatic heterocycles. The van der Waals surface area contributed by atoms with Crippen LogP contribution in [0.4, 0.5) is 0 Å². The number of hydrogen-bond acceptors (Lipinski definition) is 1. The molecule has 0 saturated heterocycles. The smallest absolute Gasteiger partial charge is 0.0598 e. The molecule has 2 aromatic carbocycles. The van der Waals surface area contributed by atoms with E-state index in [1.54, 1.807) is 11.1 Å². The molecule has 4 aliphatic carbocycles. The highest BCUT2D eigenvalue weighted by atomic mass is 28.3. The van der Waals surface area contributed by atoms with Gasteiger partial charge in [-0.15, -0.1) is 0 Å². The maximum Gasteiger partial charge on any atom is 0.0598 e. The van der Waals surface area contributed by atoms with Gasteiger partial charge in [0.15, 0.2) is 0 Å². The zero-order chi connectivity index (χ0) is 38.3. The Bertz CT molecular complexity index is 1550. The number of unbranched alkanes of at least 4 members (excludes halogenated alkanes) is 3. The SMILES string of the molecule is CC1CC2C(c3ccc(C(C)(C)C)cc3)=CC=CC2C1[Si](C)(CCCCCCOC(C)(C)C)C1C(C)CC2C(c3ccc(C(C)(C)C)cc3)=CC=CC21. The quantitative estimate of drug-likeness (QED) is 0.165. The maximum atomic E-state index is 6.11. The highest BCUT2D eigenvalue weighted by Crippen LogP contribution is 2.66. The van der Waals surface area contributed by atoms with Crippen molar-refractivity contribution in [2.75, 3.05) is 6.61 Å². The molecule has 2 heteroatoms. The van der Waals surface area contributed by atoms with E-state index in [2.05, 4.69) is 168 Å². The second-order valence-electron chi connectivity index (χ2n) is 21.1. The Kier molecular flexibility index (Phi) is 11.9. The number of fused-ring (bicyclic) bond motifs is 2. The van der Waals surface area contributed by atoms with Crippen LogP contribution in [0.15, 0.2) is 85.0 Å². The van der Waals surface area contributed by atoms with Crippen molar-refractivity contribution in [1.29, 1.82) is 0 Å². The Morgan fingerprint density at radius 2 is 1.00 bits per heavy atom. The summed E-state index contributed by atoms with van der Waals surface area (Å²) in [6.07, 6.45) is 23.0. The van der Waals surface area contributed by atoms with Crippen LogP contribution >= 0.6 is 0 Å². The summed E-state index contributed by atoms with van der Waals surface area (Å²) in [5.41, 5.74) is 10.9. The van der Waals surface area contributed by atoms with Crippen LogP contribution in [0.1, 0.15) is 137 Å². The van der Waals surface area contributed by atoms with Crippen molar-refractivity contribution < 1.29 is 4.74 Å². The summed E-state index contributed by atoms with van der Waals surface area (Å²) in [6, 6.07) is 20.7. The second-order valence-corrected chi connectivity index (χ2v) is 26.0. The van der Waals surface area contributed by atoms with Gasteiger partial charge in [-0.25, -0.2) is 0 Å². The second kappa shape index (κ2) is 15.6. The molecule has 0 amide bonds. The van der Waals surface area contributed by atoms with Gasteiger partial charge in [0.1, 0.15) is 0 Å². The van der Waals surface area contributed by atoms with Crippen molar-refractivity contribution >= 4 is 19.2 Å². The van der Waals surface area contributed by atoms with Crippen LogP contribution in [-0.2, 0) is 15.6 Å². The summed E-state index contributed by atoms with van der Waals surface area (Å²) >= 11 is 0. The van der Waals surface area contributed by atoms with E-state index in [1.165, 1.54) is 66.8 Å². The van der Waals surface area contributed by atoms with E-state index in [9.17, 15) is 0 Å². The average Bonchev–Trinajstić information content (AvgIpc) is 3.62. The van der Waals surface area contributed by atoms with E-state index in [0.29, 0.717) is 23.7 Å². The molecule has 288 valence electrons. The first-order valence-electron chi connectivity index (χ1n) is 21.5. The van der Waals surface area contributed by atoms with Gasteiger partial charge in [0.25, 0.3) is 0 Å². The predicted octanol–water partition coefficient (Wildman–Crippen LogP) is 14.6. The Morgan fingerprint density at radius 3 is 1.40 bits per heavy atom. The molecule has 2 fully saturated rings. The standard InChI is InChI=1S/C51H74OSi/c1-35-33-45-41(37-23-27-39(28-24-37)49(3,4)5)19-17-21-43(45)47(35)53(12,32-16-14-13-15-31-52-51(9,10)11)48-36(2)34-46-42(20-18-22-44(46)48)38-25-29-40(30-26-38)50(6,7)8/h17-30,35-36,43-48H,13-16,31-34H2,1-12H3. The zero-order valence-corrected chi connectivity index (χ0v) is 36.8. The minimum atomic E-state index is -1.84. The normalized spacial score (nSPS) is 29.7. The van der Waals surface area contributed by atoms with Crippen LogP contribution in [0.3, 0.4) is 0 Å². The first-order chi connectivity index (χ1) is 24.9. The highest BCUT2D eigenvalue weighted by Gasteiger charge is 2.59. The molecule has 0 radical (unpaired) electrons. The summed E-state index contributed by atoms with van der Waals surface area (Å²) in [5, 5.41) is 0. The Labute approximate surface area is 326 Å². The van der Waals surface area contributed by atoms with Gasteiger partial charge in [-0.05, 0) is 131 Å². The van der Waals surface area contributed by atoms with E-state index >= 15 is 0 Å². The topological polar surface area (TPSA) is 9.23 Å². The van der Waals surface area contributed by atoms with Gasteiger partial charge in [-0.2, -0.15) is 0 Å². The molecule has 2 aromatic rings. The molecule has 53 heavy (non-hydrogen) atoms. The minimum absolute atomic E-state index is 0.0410. The van der Waals surface area contributed by atoms with Crippen LogP contribution in [-0.4, -0.2) is 20.3 Å². The van der Waals surface area contributed by atoms with Gasteiger partial charge in [0, 0.05) is 6.61 Å². The molecule has 0 heterocycles. The maximum absolute atomic E-state index is 6.11. The van der Waals surface area contributed by atoms with Crippen molar-refractivity contribution in [3.63, 3.8) is 0 Å². The lowest BCUT2D eigenvalue weighted by atomic mass is 9.80. The summed E-state index contributed by atoms with van der Waals surface area (Å²) < 4.78 is 6.11. The van der Waals surface area contributed by atoms with Crippen LogP contribution in [0.25, 0.3) is 11.1 Å². The van der Waals surface area contributed by atoms with Gasteiger partial charge in [0.2, 0.25) is 0 Å². The number of hydrogen-bond donors (Lipinski definition) is 0. The van der Waals surface area contributed by atoms with Crippen LogP contribution in [0.5, 0.6) is 0 Å². The molecule has 0 bridgehead atoms. The predicted molar refractivity (Wildman–Crippen MR) is 234 cm³/mol. The van der Waals surface area contributed by atoms with E-state index in [0.717, 1.165) is 29.5 Å². The fourth-order valence-corrected chi connectivity index (χ4v) is 19.1. The Morgan fingerprint density at radius 1 is 0.585 bits per heavy atom. The van der Waals surface area contributed by atoms with Gasteiger partial charge >= 0.3 is 0 Å². The van der Waals surface area contributed by atoms with Crippen molar-refractivity contribution in [3.05, 3.63) is 107 Å². The summed E-state index contributed by atoms with van der Waals surface area (Å²) in [5.74, 6) is 4.08. The van der Waals surface area contributed by atoms with Crippen LogP contribution < -0.4 is 0 Å². The lowest BCUT2D eigenvalue weighted by Gasteiger charge is -2.48. The average molecular weight is 731 g/mol. The van der Waals surface area contributed by atoms with E-state index < -0.39 is 8.07 Å². The number of allylic oxidation sites excluding steroid dienone is 8. The molecule has 1 nitrogen and oxygen atoms in total.